The van der Waals surface area contributed by atoms with E-state index in [9.17, 15) is 17.6 Å². The molecule has 0 atom stereocenters. The van der Waals surface area contributed by atoms with Gasteiger partial charge in [-0.2, -0.15) is 0 Å². The second-order valence-corrected chi connectivity index (χ2v) is 7.39. The normalized spacial score (nSPS) is 11.8. The molecule has 0 amide bonds. The fourth-order valence-electron chi connectivity index (χ4n) is 2.05. The minimum absolute atomic E-state index is 0.198. The predicted octanol–water partition coefficient (Wildman–Crippen LogP) is 1.93. The maximum absolute atomic E-state index is 13.7. The molecule has 0 heterocycles. The molecular weight excluding hydrogens is 309 g/mol. The lowest BCUT2D eigenvalue weighted by molar-refractivity contribution is -0.134. The van der Waals surface area contributed by atoms with Crippen LogP contribution in [0.1, 0.15) is 25.3 Å². The van der Waals surface area contributed by atoms with Crippen molar-refractivity contribution in [1.82, 2.24) is 4.90 Å². The van der Waals surface area contributed by atoms with E-state index < -0.39 is 21.6 Å². The first-order valence-electron chi connectivity index (χ1n) is 7.22. The van der Waals surface area contributed by atoms with Gasteiger partial charge < -0.3 is 5.11 Å². The number of carboxylic acid groups (broad SMARTS) is 1. The van der Waals surface area contributed by atoms with Gasteiger partial charge in [0.1, 0.15) is 11.6 Å². The fraction of sp³-hybridized carbons (Fsp3) is 0.533. The van der Waals surface area contributed by atoms with E-state index in [1.807, 2.05) is 11.8 Å². The van der Waals surface area contributed by atoms with Gasteiger partial charge in [-0.1, -0.05) is 31.5 Å². The lowest BCUT2D eigenvalue weighted by Crippen LogP contribution is -2.32. The molecule has 7 heteroatoms. The van der Waals surface area contributed by atoms with E-state index in [-0.39, 0.29) is 18.1 Å². The summed E-state index contributed by atoms with van der Waals surface area (Å²) in [5.74, 6) is -2.78. The summed E-state index contributed by atoms with van der Waals surface area (Å²) in [6, 6.07) is 6.37. The Hall–Kier alpha value is -1.47. The van der Waals surface area contributed by atoms with Gasteiger partial charge in [-0.15, -0.1) is 0 Å². The van der Waals surface area contributed by atoms with Crippen LogP contribution in [0.4, 0.5) is 4.39 Å². The van der Waals surface area contributed by atoms with Crippen LogP contribution in [-0.4, -0.2) is 49.0 Å². The van der Waals surface area contributed by atoms with Gasteiger partial charge >= 0.3 is 5.97 Å². The van der Waals surface area contributed by atoms with Gasteiger partial charge in [-0.25, -0.2) is 12.8 Å². The van der Waals surface area contributed by atoms with E-state index >= 15 is 0 Å². The molecule has 0 fully saturated rings. The van der Waals surface area contributed by atoms with Crippen molar-refractivity contribution < 1.29 is 22.7 Å². The van der Waals surface area contributed by atoms with E-state index in [1.165, 1.54) is 6.07 Å². The van der Waals surface area contributed by atoms with E-state index in [2.05, 4.69) is 0 Å². The van der Waals surface area contributed by atoms with Gasteiger partial charge in [0.15, 0.2) is 9.84 Å². The molecule has 124 valence electrons. The van der Waals surface area contributed by atoms with Crippen LogP contribution >= 0.6 is 0 Å². The van der Waals surface area contributed by atoms with Crippen molar-refractivity contribution >= 4 is 15.8 Å². The van der Waals surface area contributed by atoms with Crippen LogP contribution in [0, 0.1) is 5.82 Å². The van der Waals surface area contributed by atoms with Gasteiger partial charge in [-0.3, -0.25) is 9.69 Å². The van der Waals surface area contributed by atoms with Crippen LogP contribution in [0.25, 0.3) is 0 Å². The number of hydrogen-bond donors (Lipinski definition) is 1. The zero-order valence-electron chi connectivity index (χ0n) is 12.7. The van der Waals surface area contributed by atoms with Crippen LogP contribution in [-0.2, 0) is 21.2 Å². The van der Waals surface area contributed by atoms with Gasteiger partial charge in [-0.05, 0) is 19.0 Å². The number of benzene rings is 1. The first-order valence-corrected chi connectivity index (χ1v) is 9.04. The lowest BCUT2D eigenvalue weighted by Gasteiger charge is -2.22. The number of carbonyl (C=O) groups is 1. The molecule has 1 N–H and O–H groups in total. The molecular formula is C15H22FNO4S. The van der Waals surface area contributed by atoms with Crippen molar-refractivity contribution in [2.24, 2.45) is 0 Å². The highest BCUT2D eigenvalue weighted by atomic mass is 32.2. The summed E-state index contributed by atoms with van der Waals surface area (Å²) in [6.07, 6.45) is 1.81. The third kappa shape index (κ3) is 7.00. The standard InChI is InChI=1S/C15H22FNO4S/c1-2-3-8-17(9-10-22(20,21)12-15(18)19)11-13-6-4-5-7-14(13)16/h4-7H,2-3,8-12H2,1H3,(H,18,19). The molecule has 1 rings (SSSR count). The summed E-state index contributed by atoms with van der Waals surface area (Å²) >= 11 is 0. The zero-order chi connectivity index (χ0) is 16.6. The Bertz CT molecular complexity index is 589. The number of unbranched alkanes of at least 4 members (excludes halogenated alkanes) is 1. The van der Waals surface area contributed by atoms with Crippen molar-refractivity contribution in [2.45, 2.75) is 26.3 Å². The zero-order valence-corrected chi connectivity index (χ0v) is 13.5. The van der Waals surface area contributed by atoms with Crippen LogP contribution < -0.4 is 0 Å². The third-order valence-corrected chi connectivity index (χ3v) is 4.73. The number of sulfone groups is 1. The van der Waals surface area contributed by atoms with Crippen LogP contribution in [0.2, 0.25) is 0 Å². The number of carboxylic acids is 1. The molecule has 0 aliphatic heterocycles. The number of hydrogen-bond acceptors (Lipinski definition) is 4. The Morgan fingerprint density at radius 3 is 2.55 bits per heavy atom. The summed E-state index contributed by atoms with van der Waals surface area (Å²) < 4.78 is 37.0. The van der Waals surface area contributed by atoms with Gasteiger partial charge in [0.25, 0.3) is 0 Å². The van der Waals surface area contributed by atoms with E-state index in [0.29, 0.717) is 18.7 Å². The highest BCUT2D eigenvalue weighted by Crippen LogP contribution is 2.11. The second-order valence-electron chi connectivity index (χ2n) is 5.21. The molecule has 0 aromatic heterocycles. The van der Waals surface area contributed by atoms with Crippen molar-refractivity contribution in [2.75, 3.05) is 24.6 Å². The first-order chi connectivity index (χ1) is 10.3. The minimum Gasteiger partial charge on any atom is -0.480 e. The minimum atomic E-state index is -3.64. The van der Waals surface area contributed by atoms with Crippen molar-refractivity contribution in [3.8, 4) is 0 Å². The molecule has 0 aliphatic rings. The largest absolute Gasteiger partial charge is 0.480 e. The average Bonchev–Trinajstić information content (AvgIpc) is 2.42. The number of aliphatic carboxylic acids is 1. The first kappa shape index (κ1) is 18.6. The maximum Gasteiger partial charge on any atom is 0.318 e. The van der Waals surface area contributed by atoms with Gasteiger partial charge in [0, 0.05) is 18.7 Å². The maximum atomic E-state index is 13.7. The Balaban J connectivity index is 2.69. The van der Waals surface area contributed by atoms with E-state index in [4.69, 9.17) is 5.11 Å². The van der Waals surface area contributed by atoms with E-state index in [0.717, 1.165) is 12.8 Å². The summed E-state index contributed by atoms with van der Waals surface area (Å²) in [7, 11) is -3.64. The Morgan fingerprint density at radius 1 is 1.27 bits per heavy atom. The molecule has 0 unspecified atom stereocenters. The molecule has 0 spiro atoms. The van der Waals surface area contributed by atoms with Gasteiger partial charge in [0.05, 0.1) is 5.75 Å². The fourth-order valence-corrected chi connectivity index (χ4v) is 3.10. The Kier molecular flexibility index (Phi) is 7.47. The molecule has 1 aromatic rings. The summed E-state index contributed by atoms with van der Waals surface area (Å²) in [6.45, 7) is 3.18. The van der Waals surface area contributed by atoms with E-state index in [1.54, 1.807) is 18.2 Å². The van der Waals surface area contributed by atoms with Crippen LogP contribution in [0.3, 0.4) is 0 Å². The smallest absolute Gasteiger partial charge is 0.318 e. The molecule has 0 aliphatic carbocycles. The lowest BCUT2D eigenvalue weighted by atomic mass is 10.2. The molecule has 1 aromatic carbocycles. The molecule has 0 radical (unpaired) electrons. The highest BCUT2D eigenvalue weighted by Gasteiger charge is 2.18. The van der Waals surface area contributed by atoms with Crippen molar-refractivity contribution in [3.63, 3.8) is 0 Å². The number of halogens is 1. The Labute approximate surface area is 130 Å². The quantitative estimate of drug-likeness (QED) is 0.709. The number of nitrogens with zero attached hydrogens (tertiary/aromatic N) is 1. The van der Waals surface area contributed by atoms with Crippen molar-refractivity contribution in [3.05, 3.63) is 35.6 Å². The Morgan fingerprint density at radius 2 is 1.95 bits per heavy atom. The molecule has 0 saturated carbocycles. The molecule has 0 bridgehead atoms. The van der Waals surface area contributed by atoms with Crippen molar-refractivity contribution in [1.29, 1.82) is 0 Å². The van der Waals surface area contributed by atoms with Gasteiger partial charge in [0.2, 0.25) is 0 Å². The summed E-state index contributed by atoms with van der Waals surface area (Å²) in [5.41, 5.74) is 0.509. The summed E-state index contributed by atoms with van der Waals surface area (Å²) in [4.78, 5) is 12.4. The number of rotatable bonds is 10. The SMILES string of the molecule is CCCCN(CCS(=O)(=O)CC(=O)O)Cc1ccccc1F. The summed E-state index contributed by atoms with van der Waals surface area (Å²) in [5, 5.41) is 8.58. The van der Waals surface area contributed by atoms with Crippen LogP contribution in [0.15, 0.2) is 24.3 Å². The molecule has 0 saturated heterocycles. The molecule has 5 nitrogen and oxygen atoms in total. The second kappa shape index (κ2) is 8.85. The predicted molar refractivity (Wildman–Crippen MR) is 82.9 cm³/mol. The van der Waals surface area contributed by atoms with Crippen LogP contribution in [0.5, 0.6) is 0 Å². The monoisotopic (exact) mass is 331 g/mol. The average molecular weight is 331 g/mol. The topological polar surface area (TPSA) is 74.7 Å². The third-order valence-electron chi connectivity index (χ3n) is 3.24. The highest BCUT2D eigenvalue weighted by molar-refractivity contribution is 7.92. The molecule has 22 heavy (non-hydrogen) atoms.